The van der Waals surface area contributed by atoms with Gasteiger partial charge in [-0.3, -0.25) is 4.79 Å². The van der Waals surface area contributed by atoms with Gasteiger partial charge in [0.1, 0.15) is 6.10 Å². The highest BCUT2D eigenvalue weighted by Gasteiger charge is 2.43. The number of rotatable bonds is 8. The smallest absolute Gasteiger partial charge is 0.310 e. The lowest BCUT2D eigenvalue weighted by Crippen LogP contribution is -2.30. The zero-order valence-electron chi connectivity index (χ0n) is 12.8. The molecule has 118 valence electrons. The molecule has 1 heterocycles. The summed E-state index contributed by atoms with van der Waals surface area (Å²) >= 11 is 0. The highest BCUT2D eigenvalue weighted by atomic mass is 16.5. The molecule has 21 heavy (non-hydrogen) atoms. The van der Waals surface area contributed by atoms with Gasteiger partial charge in [0.15, 0.2) is 0 Å². The van der Waals surface area contributed by atoms with E-state index >= 15 is 0 Å². The van der Waals surface area contributed by atoms with E-state index in [1.54, 1.807) is 0 Å². The fraction of sp³-hybridized carbons (Fsp3) is 0.800. The second-order valence-corrected chi connectivity index (χ2v) is 5.75. The molecule has 0 aliphatic heterocycles. The lowest BCUT2D eigenvalue weighted by molar-refractivity contribution is -0.148. The monoisotopic (exact) mass is 296 g/mol. The van der Waals surface area contributed by atoms with Crippen molar-refractivity contribution in [1.29, 1.82) is 0 Å². The fourth-order valence-electron chi connectivity index (χ4n) is 3.03. The Morgan fingerprint density at radius 3 is 2.71 bits per heavy atom. The summed E-state index contributed by atoms with van der Waals surface area (Å²) in [5.41, 5.74) is -0.727. The molecule has 0 aromatic carbocycles. The van der Waals surface area contributed by atoms with Crippen molar-refractivity contribution in [1.82, 2.24) is 10.1 Å². The zero-order chi connectivity index (χ0) is 15.3. The van der Waals surface area contributed by atoms with E-state index in [-0.39, 0.29) is 6.10 Å². The van der Waals surface area contributed by atoms with Gasteiger partial charge in [-0.15, -0.1) is 0 Å². The van der Waals surface area contributed by atoms with E-state index < -0.39 is 11.4 Å². The SMILES string of the molecule is CCCC(OCC)c1noc(CC2(C(=O)O)CCCC2)n1. The third-order valence-electron chi connectivity index (χ3n) is 4.19. The topological polar surface area (TPSA) is 85.5 Å². The highest BCUT2D eigenvalue weighted by molar-refractivity contribution is 5.75. The predicted molar refractivity (Wildman–Crippen MR) is 75.8 cm³/mol. The molecule has 0 amide bonds. The Morgan fingerprint density at radius 2 is 2.14 bits per heavy atom. The predicted octanol–water partition coefficient (Wildman–Crippen LogP) is 3.13. The number of aromatic nitrogens is 2. The Hall–Kier alpha value is -1.43. The van der Waals surface area contributed by atoms with Gasteiger partial charge in [0.25, 0.3) is 0 Å². The van der Waals surface area contributed by atoms with Crippen molar-refractivity contribution in [3.8, 4) is 0 Å². The summed E-state index contributed by atoms with van der Waals surface area (Å²) in [6.45, 7) is 4.60. The molecular formula is C15H24N2O4. The summed E-state index contributed by atoms with van der Waals surface area (Å²) in [6, 6.07) is 0. The van der Waals surface area contributed by atoms with E-state index in [1.807, 2.05) is 6.92 Å². The third-order valence-corrected chi connectivity index (χ3v) is 4.19. The van der Waals surface area contributed by atoms with Crippen molar-refractivity contribution in [3.63, 3.8) is 0 Å². The summed E-state index contributed by atoms with van der Waals surface area (Å²) in [5.74, 6) is 0.192. The lowest BCUT2D eigenvalue weighted by Gasteiger charge is -2.21. The molecule has 1 aromatic heterocycles. The first-order chi connectivity index (χ1) is 10.1. The van der Waals surface area contributed by atoms with Crippen LogP contribution < -0.4 is 0 Å². The van der Waals surface area contributed by atoms with Gasteiger partial charge in [-0.25, -0.2) is 0 Å². The van der Waals surface area contributed by atoms with Crippen molar-refractivity contribution < 1.29 is 19.2 Å². The Bertz CT molecular complexity index is 460. The summed E-state index contributed by atoms with van der Waals surface area (Å²) < 4.78 is 10.9. The van der Waals surface area contributed by atoms with E-state index in [2.05, 4.69) is 17.1 Å². The molecule has 0 radical (unpaired) electrons. The minimum atomic E-state index is -0.755. The number of hydrogen-bond donors (Lipinski definition) is 1. The fourth-order valence-corrected chi connectivity index (χ4v) is 3.03. The standard InChI is InChI=1S/C15H24N2O4/c1-3-7-11(20-4-2)13-16-12(21-17-13)10-15(14(18)19)8-5-6-9-15/h11H,3-10H2,1-2H3,(H,18,19). The molecule has 2 rings (SSSR count). The summed E-state index contributed by atoms with van der Waals surface area (Å²) in [4.78, 5) is 15.9. The van der Waals surface area contributed by atoms with Crippen LogP contribution in [-0.2, 0) is 16.0 Å². The van der Waals surface area contributed by atoms with Gasteiger partial charge in [0.2, 0.25) is 11.7 Å². The maximum atomic E-state index is 11.6. The largest absolute Gasteiger partial charge is 0.481 e. The molecule has 1 atom stereocenters. The molecule has 6 nitrogen and oxygen atoms in total. The van der Waals surface area contributed by atoms with Gasteiger partial charge in [-0.05, 0) is 26.2 Å². The van der Waals surface area contributed by atoms with E-state index in [0.717, 1.165) is 25.7 Å². The van der Waals surface area contributed by atoms with Crippen LogP contribution >= 0.6 is 0 Å². The van der Waals surface area contributed by atoms with Gasteiger partial charge in [0.05, 0.1) is 5.41 Å². The summed E-state index contributed by atoms with van der Waals surface area (Å²) in [7, 11) is 0. The molecule has 0 saturated heterocycles. The second-order valence-electron chi connectivity index (χ2n) is 5.75. The van der Waals surface area contributed by atoms with Crippen molar-refractivity contribution >= 4 is 5.97 Å². The van der Waals surface area contributed by atoms with Crippen molar-refractivity contribution in [2.75, 3.05) is 6.61 Å². The first-order valence-corrected chi connectivity index (χ1v) is 7.78. The Balaban J connectivity index is 2.10. The average Bonchev–Trinajstić information content (AvgIpc) is 3.09. The molecule has 1 fully saturated rings. The quantitative estimate of drug-likeness (QED) is 0.793. The number of carboxylic acid groups (broad SMARTS) is 1. The lowest BCUT2D eigenvalue weighted by atomic mass is 9.83. The van der Waals surface area contributed by atoms with Crippen LogP contribution in [0.25, 0.3) is 0 Å². The van der Waals surface area contributed by atoms with Crippen molar-refractivity contribution in [3.05, 3.63) is 11.7 Å². The van der Waals surface area contributed by atoms with E-state index in [1.165, 1.54) is 0 Å². The zero-order valence-corrected chi connectivity index (χ0v) is 12.8. The molecule has 0 bridgehead atoms. The molecular weight excluding hydrogens is 272 g/mol. The molecule has 1 saturated carbocycles. The third kappa shape index (κ3) is 3.61. The number of nitrogens with zero attached hydrogens (tertiary/aromatic N) is 2. The number of aliphatic carboxylic acids is 1. The maximum absolute atomic E-state index is 11.6. The van der Waals surface area contributed by atoms with Crippen molar-refractivity contribution in [2.45, 2.75) is 64.9 Å². The molecule has 6 heteroatoms. The van der Waals surface area contributed by atoms with Crippen LogP contribution in [0.3, 0.4) is 0 Å². The molecule has 1 aromatic rings. The van der Waals surface area contributed by atoms with Crippen molar-refractivity contribution in [2.24, 2.45) is 5.41 Å². The summed E-state index contributed by atoms with van der Waals surface area (Å²) in [5, 5.41) is 13.5. The van der Waals surface area contributed by atoms with Crippen LogP contribution in [0.4, 0.5) is 0 Å². The molecule has 1 N–H and O–H groups in total. The number of carbonyl (C=O) groups is 1. The molecule has 1 aliphatic carbocycles. The Kier molecular flexibility index (Phi) is 5.33. The van der Waals surface area contributed by atoms with Gasteiger partial charge in [-0.1, -0.05) is 31.3 Å². The normalized spacial score (nSPS) is 18.8. The minimum Gasteiger partial charge on any atom is -0.481 e. The molecule has 0 spiro atoms. The average molecular weight is 296 g/mol. The van der Waals surface area contributed by atoms with Gasteiger partial charge >= 0.3 is 5.97 Å². The van der Waals surface area contributed by atoms with Crippen LogP contribution in [0.1, 0.15) is 70.2 Å². The summed E-state index contributed by atoms with van der Waals surface area (Å²) in [6.07, 6.45) is 5.22. The first kappa shape index (κ1) is 15.9. The van der Waals surface area contributed by atoms with Crippen LogP contribution in [0.15, 0.2) is 4.52 Å². The van der Waals surface area contributed by atoms with E-state index in [4.69, 9.17) is 9.26 Å². The number of ether oxygens (including phenoxy) is 1. The van der Waals surface area contributed by atoms with E-state index in [0.29, 0.717) is 37.6 Å². The molecule has 1 aliphatic rings. The van der Waals surface area contributed by atoms with E-state index in [9.17, 15) is 9.90 Å². The number of hydrogen-bond acceptors (Lipinski definition) is 5. The highest BCUT2D eigenvalue weighted by Crippen LogP contribution is 2.41. The van der Waals surface area contributed by atoms with Crippen LogP contribution in [0, 0.1) is 5.41 Å². The first-order valence-electron chi connectivity index (χ1n) is 7.78. The number of carboxylic acids is 1. The Morgan fingerprint density at radius 1 is 1.43 bits per heavy atom. The maximum Gasteiger partial charge on any atom is 0.310 e. The van der Waals surface area contributed by atoms with Gasteiger partial charge < -0.3 is 14.4 Å². The van der Waals surface area contributed by atoms with Crippen LogP contribution in [0.2, 0.25) is 0 Å². The minimum absolute atomic E-state index is 0.165. The van der Waals surface area contributed by atoms with Crippen LogP contribution in [-0.4, -0.2) is 27.8 Å². The molecule has 1 unspecified atom stereocenters. The van der Waals surface area contributed by atoms with Gasteiger partial charge in [-0.2, -0.15) is 4.98 Å². The van der Waals surface area contributed by atoms with Crippen LogP contribution in [0.5, 0.6) is 0 Å². The Labute approximate surface area is 124 Å². The second kappa shape index (κ2) is 7.02. The van der Waals surface area contributed by atoms with Gasteiger partial charge in [0, 0.05) is 13.0 Å².